The van der Waals surface area contributed by atoms with Gasteiger partial charge in [-0.05, 0) is 36.6 Å². The third-order valence-electron chi connectivity index (χ3n) is 3.05. The van der Waals surface area contributed by atoms with Crippen molar-refractivity contribution in [2.75, 3.05) is 0 Å². The fraction of sp³-hybridized carbons (Fsp3) is 0.118. The van der Waals surface area contributed by atoms with E-state index >= 15 is 0 Å². The van der Waals surface area contributed by atoms with Crippen LogP contribution in [0.1, 0.15) is 22.3 Å². The Labute approximate surface area is 113 Å². The van der Waals surface area contributed by atoms with Crippen molar-refractivity contribution in [2.45, 2.75) is 13.8 Å². The molecule has 2 nitrogen and oxygen atoms in total. The minimum atomic E-state index is -0.908. The SMILES string of the molecule is Cc1cccc(/C(=C\c2ccccc2C)C(=O)O)c1. The summed E-state index contributed by atoms with van der Waals surface area (Å²) in [6.45, 7) is 3.93. The Hall–Kier alpha value is -2.35. The molecule has 0 unspecified atom stereocenters. The Morgan fingerprint density at radius 1 is 1.05 bits per heavy atom. The van der Waals surface area contributed by atoms with Crippen LogP contribution in [-0.4, -0.2) is 11.1 Å². The zero-order valence-electron chi connectivity index (χ0n) is 11.1. The zero-order valence-corrected chi connectivity index (χ0v) is 11.1. The molecule has 0 saturated carbocycles. The van der Waals surface area contributed by atoms with E-state index in [9.17, 15) is 9.90 Å². The van der Waals surface area contributed by atoms with Gasteiger partial charge in [-0.2, -0.15) is 0 Å². The smallest absolute Gasteiger partial charge is 0.336 e. The first kappa shape index (κ1) is 13.1. The van der Waals surface area contributed by atoms with Gasteiger partial charge in [0.2, 0.25) is 0 Å². The van der Waals surface area contributed by atoms with Gasteiger partial charge in [-0.15, -0.1) is 0 Å². The summed E-state index contributed by atoms with van der Waals surface area (Å²) in [7, 11) is 0. The lowest BCUT2D eigenvalue weighted by Gasteiger charge is -2.06. The molecule has 2 aromatic rings. The van der Waals surface area contributed by atoms with Crippen LogP contribution in [0.4, 0.5) is 0 Å². The van der Waals surface area contributed by atoms with Crippen LogP contribution in [0.15, 0.2) is 48.5 Å². The molecule has 0 atom stereocenters. The molecular formula is C17H16O2. The first-order valence-corrected chi connectivity index (χ1v) is 6.15. The van der Waals surface area contributed by atoms with Crippen LogP contribution in [0.2, 0.25) is 0 Å². The van der Waals surface area contributed by atoms with Gasteiger partial charge in [0, 0.05) is 0 Å². The molecule has 0 aliphatic rings. The van der Waals surface area contributed by atoms with Crippen LogP contribution >= 0.6 is 0 Å². The van der Waals surface area contributed by atoms with Crippen LogP contribution in [0.5, 0.6) is 0 Å². The van der Waals surface area contributed by atoms with Crippen LogP contribution < -0.4 is 0 Å². The number of benzene rings is 2. The summed E-state index contributed by atoms with van der Waals surface area (Å²) < 4.78 is 0. The van der Waals surface area contributed by atoms with Gasteiger partial charge in [-0.1, -0.05) is 54.1 Å². The molecule has 0 saturated heterocycles. The van der Waals surface area contributed by atoms with Crippen molar-refractivity contribution in [1.82, 2.24) is 0 Å². The number of carboxylic acids is 1. The normalized spacial score (nSPS) is 11.4. The Bertz CT molecular complexity index is 639. The molecule has 19 heavy (non-hydrogen) atoms. The minimum Gasteiger partial charge on any atom is -0.478 e. The molecule has 0 fully saturated rings. The van der Waals surface area contributed by atoms with Crippen molar-refractivity contribution >= 4 is 17.6 Å². The first-order chi connectivity index (χ1) is 9.08. The van der Waals surface area contributed by atoms with Crippen molar-refractivity contribution in [3.63, 3.8) is 0 Å². The first-order valence-electron chi connectivity index (χ1n) is 6.15. The predicted octanol–water partition coefficient (Wildman–Crippen LogP) is 3.93. The molecule has 2 aromatic carbocycles. The molecule has 0 aliphatic carbocycles. The standard InChI is InChI=1S/C17H16O2/c1-12-6-5-9-15(10-12)16(17(18)19)11-14-8-4-3-7-13(14)2/h3-11H,1-2H3,(H,18,19)/b16-11+. The molecule has 0 spiro atoms. The van der Waals surface area contributed by atoms with E-state index < -0.39 is 5.97 Å². The third-order valence-corrected chi connectivity index (χ3v) is 3.05. The number of aliphatic carboxylic acids is 1. The summed E-state index contributed by atoms with van der Waals surface area (Å²) in [6.07, 6.45) is 1.73. The quantitative estimate of drug-likeness (QED) is 0.664. The average molecular weight is 252 g/mol. The fourth-order valence-corrected chi connectivity index (χ4v) is 1.99. The van der Waals surface area contributed by atoms with Gasteiger partial charge < -0.3 is 5.11 Å². The molecule has 96 valence electrons. The van der Waals surface area contributed by atoms with E-state index in [0.717, 1.165) is 22.3 Å². The van der Waals surface area contributed by atoms with E-state index in [-0.39, 0.29) is 0 Å². The molecule has 0 aliphatic heterocycles. The van der Waals surface area contributed by atoms with Gasteiger partial charge in [0.25, 0.3) is 0 Å². The molecule has 2 rings (SSSR count). The zero-order chi connectivity index (χ0) is 13.8. The van der Waals surface area contributed by atoms with Gasteiger partial charge >= 0.3 is 5.97 Å². The van der Waals surface area contributed by atoms with Crippen molar-refractivity contribution < 1.29 is 9.90 Å². The molecular weight excluding hydrogens is 236 g/mol. The van der Waals surface area contributed by atoms with Crippen molar-refractivity contribution in [1.29, 1.82) is 0 Å². The van der Waals surface area contributed by atoms with Gasteiger partial charge in [0.15, 0.2) is 0 Å². The van der Waals surface area contributed by atoms with Gasteiger partial charge in [0.1, 0.15) is 0 Å². The fourth-order valence-electron chi connectivity index (χ4n) is 1.99. The molecule has 0 aromatic heterocycles. The summed E-state index contributed by atoms with van der Waals surface area (Å²) in [5.74, 6) is -0.908. The lowest BCUT2D eigenvalue weighted by atomic mass is 9.99. The lowest BCUT2D eigenvalue weighted by molar-refractivity contribution is -0.130. The number of rotatable bonds is 3. The highest BCUT2D eigenvalue weighted by Gasteiger charge is 2.11. The van der Waals surface area contributed by atoms with E-state index in [1.54, 1.807) is 6.08 Å². The van der Waals surface area contributed by atoms with E-state index in [0.29, 0.717) is 5.57 Å². The largest absolute Gasteiger partial charge is 0.478 e. The topological polar surface area (TPSA) is 37.3 Å². The third kappa shape index (κ3) is 3.10. The second-order valence-corrected chi connectivity index (χ2v) is 4.59. The van der Waals surface area contributed by atoms with Crippen LogP contribution in [0, 0.1) is 13.8 Å². The van der Waals surface area contributed by atoms with Gasteiger partial charge in [-0.3, -0.25) is 0 Å². The molecule has 0 heterocycles. The highest BCUT2D eigenvalue weighted by molar-refractivity contribution is 6.20. The minimum absolute atomic E-state index is 0.318. The van der Waals surface area contributed by atoms with Crippen LogP contribution in [0.25, 0.3) is 11.6 Å². The Balaban J connectivity index is 2.53. The van der Waals surface area contributed by atoms with E-state index in [1.165, 1.54) is 0 Å². The van der Waals surface area contributed by atoms with Crippen LogP contribution in [0.3, 0.4) is 0 Å². The van der Waals surface area contributed by atoms with E-state index in [4.69, 9.17) is 0 Å². The lowest BCUT2D eigenvalue weighted by Crippen LogP contribution is -2.00. The number of carbonyl (C=O) groups is 1. The maximum absolute atomic E-state index is 11.5. The Morgan fingerprint density at radius 2 is 1.79 bits per heavy atom. The van der Waals surface area contributed by atoms with E-state index in [1.807, 2.05) is 62.4 Å². The predicted molar refractivity (Wildman–Crippen MR) is 77.9 cm³/mol. The Kier molecular flexibility index (Phi) is 3.81. The molecule has 1 N–H and O–H groups in total. The number of hydrogen-bond donors (Lipinski definition) is 1. The van der Waals surface area contributed by atoms with Crippen molar-refractivity contribution in [2.24, 2.45) is 0 Å². The summed E-state index contributed by atoms with van der Waals surface area (Å²) in [4.78, 5) is 11.5. The van der Waals surface area contributed by atoms with Crippen molar-refractivity contribution in [3.05, 3.63) is 70.8 Å². The summed E-state index contributed by atoms with van der Waals surface area (Å²) >= 11 is 0. The Morgan fingerprint density at radius 3 is 2.42 bits per heavy atom. The number of aryl methyl sites for hydroxylation is 2. The molecule has 2 heteroatoms. The highest BCUT2D eigenvalue weighted by atomic mass is 16.4. The average Bonchev–Trinajstić information content (AvgIpc) is 2.37. The molecule has 0 bridgehead atoms. The van der Waals surface area contributed by atoms with E-state index in [2.05, 4.69) is 0 Å². The second-order valence-electron chi connectivity index (χ2n) is 4.59. The van der Waals surface area contributed by atoms with Crippen molar-refractivity contribution in [3.8, 4) is 0 Å². The summed E-state index contributed by atoms with van der Waals surface area (Å²) in [5, 5.41) is 9.40. The summed E-state index contributed by atoms with van der Waals surface area (Å²) in [5.41, 5.74) is 4.10. The van der Waals surface area contributed by atoms with Gasteiger partial charge in [-0.25, -0.2) is 4.79 Å². The maximum atomic E-state index is 11.5. The number of hydrogen-bond acceptors (Lipinski definition) is 1. The maximum Gasteiger partial charge on any atom is 0.336 e. The van der Waals surface area contributed by atoms with Crippen LogP contribution in [-0.2, 0) is 4.79 Å². The second kappa shape index (κ2) is 5.53. The molecule has 0 amide bonds. The highest BCUT2D eigenvalue weighted by Crippen LogP contribution is 2.21. The van der Waals surface area contributed by atoms with Gasteiger partial charge in [0.05, 0.1) is 5.57 Å². The summed E-state index contributed by atoms with van der Waals surface area (Å²) in [6, 6.07) is 15.3. The monoisotopic (exact) mass is 252 g/mol. The molecule has 0 radical (unpaired) electrons. The number of carboxylic acid groups (broad SMARTS) is 1.